The highest BCUT2D eigenvalue weighted by Gasteiger charge is 2.17. The lowest BCUT2D eigenvalue weighted by molar-refractivity contribution is -0.131. The molecule has 0 bridgehead atoms. The van der Waals surface area contributed by atoms with Gasteiger partial charge in [-0.1, -0.05) is 0 Å². The Morgan fingerprint density at radius 3 is 3.17 bits per heavy atom. The number of amides is 1. The number of rotatable bonds is 4. The van der Waals surface area contributed by atoms with E-state index in [9.17, 15) is 4.79 Å². The van der Waals surface area contributed by atoms with E-state index in [1.165, 1.54) is 0 Å². The molecule has 1 aromatic rings. The molecule has 98 valence electrons. The summed E-state index contributed by atoms with van der Waals surface area (Å²) < 4.78 is 10.8. The molecule has 0 radical (unpaired) electrons. The Bertz CT molecular complexity index is 396. The van der Waals surface area contributed by atoms with Crippen LogP contribution in [0.15, 0.2) is 22.9 Å². The lowest BCUT2D eigenvalue weighted by Gasteiger charge is -2.26. The van der Waals surface area contributed by atoms with Crippen molar-refractivity contribution in [3.8, 4) is 0 Å². The number of ether oxygens (including phenoxy) is 2. The standard InChI is InChI=1S/C13H17NO3S/c1-14(8-12-9-16-5-6-17-12)13(15)3-2-11-4-7-18-10-11/h2-4,7,10,12H,5-6,8-9H2,1H3/b3-2+. The molecule has 18 heavy (non-hydrogen) atoms. The summed E-state index contributed by atoms with van der Waals surface area (Å²) in [5.41, 5.74) is 1.05. The highest BCUT2D eigenvalue weighted by molar-refractivity contribution is 7.08. The third-order valence-electron chi connectivity index (χ3n) is 2.70. The zero-order valence-electron chi connectivity index (χ0n) is 10.4. The van der Waals surface area contributed by atoms with Crippen LogP contribution < -0.4 is 0 Å². The van der Waals surface area contributed by atoms with E-state index in [1.807, 2.05) is 22.9 Å². The quantitative estimate of drug-likeness (QED) is 0.778. The maximum Gasteiger partial charge on any atom is 0.246 e. The number of carbonyl (C=O) groups excluding carboxylic acids is 1. The van der Waals surface area contributed by atoms with E-state index in [1.54, 1.807) is 29.4 Å². The van der Waals surface area contributed by atoms with Crippen molar-refractivity contribution in [3.63, 3.8) is 0 Å². The molecule has 1 atom stereocenters. The van der Waals surface area contributed by atoms with E-state index in [4.69, 9.17) is 9.47 Å². The summed E-state index contributed by atoms with van der Waals surface area (Å²) in [6.45, 7) is 2.38. The van der Waals surface area contributed by atoms with Crippen molar-refractivity contribution in [1.29, 1.82) is 0 Å². The Morgan fingerprint density at radius 1 is 1.61 bits per heavy atom. The molecule has 1 unspecified atom stereocenters. The number of likely N-dealkylation sites (N-methyl/N-ethyl adjacent to an activating group) is 1. The van der Waals surface area contributed by atoms with E-state index in [-0.39, 0.29) is 12.0 Å². The SMILES string of the molecule is CN(CC1COCCO1)C(=O)/C=C/c1ccsc1. The van der Waals surface area contributed by atoms with Gasteiger partial charge in [0.15, 0.2) is 0 Å². The van der Waals surface area contributed by atoms with Gasteiger partial charge in [-0.2, -0.15) is 11.3 Å². The Hall–Kier alpha value is -1.17. The van der Waals surface area contributed by atoms with Gasteiger partial charge in [-0.25, -0.2) is 0 Å². The van der Waals surface area contributed by atoms with E-state index in [0.29, 0.717) is 26.4 Å². The first-order valence-corrected chi connectivity index (χ1v) is 6.84. The first-order chi connectivity index (χ1) is 8.75. The van der Waals surface area contributed by atoms with Gasteiger partial charge >= 0.3 is 0 Å². The molecular weight excluding hydrogens is 250 g/mol. The van der Waals surface area contributed by atoms with Crippen LogP contribution in [0, 0.1) is 0 Å². The van der Waals surface area contributed by atoms with Crippen molar-refractivity contribution >= 4 is 23.3 Å². The average Bonchev–Trinajstić information content (AvgIpc) is 2.90. The number of hydrogen-bond donors (Lipinski definition) is 0. The second-order valence-corrected chi connectivity index (χ2v) is 4.96. The van der Waals surface area contributed by atoms with Gasteiger partial charge in [-0.05, 0) is 28.5 Å². The summed E-state index contributed by atoms with van der Waals surface area (Å²) in [7, 11) is 1.78. The van der Waals surface area contributed by atoms with Crippen molar-refractivity contribution in [2.24, 2.45) is 0 Å². The first kappa shape index (κ1) is 13.3. The zero-order valence-corrected chi connectivity index (χ0v) is 11.2. The van der Waals surface area contributed by atoms with Crippen LogP contribution in [-0.2, 0) is 14.3 Å². The summed E-state index contributed by atoms with van der Waals surface area (Å²) in [5.74, 6) is -0.0182. The van der Waals surface area contributed by atoms with E-state index in [0.717, 1.165) is 5.56 Å². The van der Waals surface area contributed by atoms with E-state index >= 15 is 0 Å². The highest BCUT2D eigenvalue weighted by Crippen LogP contribution is 2.08. The summed E-state index contributed by atoms with van der Waals surface area (Å²) in [6, 6.07) is 1.98. The third-order valence-corrected chi connectivity index (χ3v) is 3.40. The molecule has 1 fully saturated rings. The molecule has 2 heterocycles. The smallest absolute Gasteiger partial charge is 0.246 e. The lowest BCUT2D eigenvalue weighted by Crippen LogP contribution is -2.40. The van der Waals surface area contributed by atoms with E-state index < -0.39 is 0 Å². The van der Waals surface area contributed by atoms with Crippen LogP contribution in [0.2, 0.25) is 0 Å². The average molecular weight is 267 g/mol. The van der Waals surface area contributed by atoms with Crippen LogP contribution in [0.25, 0.3) is 6.08 Å². The molecule has 4 nitrogen and oxygen atoms in total. The van der Waals surface area contributed by atoms with Crippen molar-refractivity contribution in [2.45, 2.75) is 6.10 Å². The van der Waals surface area contributed by atoms with Gasteiger partial charge in [-0.15, -0.1) is 0 Å². The summed E-state index contributed by atoms with van der Waals surface area (Å²) in [5, 5.41) is 3.99. The minimum atomic E-state index is -0.0182. The molecule has 1 saturated heterocycles. The molecule has 0 spiro atoms. The summed E-state index contributed by atoms with van der Waals surface area (Å²) in [4.78, 5) is 13.5. The molecular formula is C13H17NO3S. The highest BCUT2D eigenvalue weighted by atomic mass is 32.1. The topological polar surface area (TPSA) is 38.8 Å². The Labute approximate surface area is 111 Å². The van der Waals surface area contributed by atoms with Crippen molar-refractivity contribution < 1.29 is 14.3 Å². The summed E-state index contributed by atoms with van der Waals surface area (Å²) >= 11 is 1.62. The van der Waals surface area contributed by atoms with Crippen molar-refractivity contribution in [3.05, 3.63) is 28.5 Å². The van der Waals surface area contributed by atoms with Gasteiger partial charge in [0.2, 0.25) is 5.91 Å². The van der Waals surface area contributed by atoms with Crippen LogP contribution in [0.1, 0.15) is 5.56 Å². The minimum absolute atomic E-state index is 0.0118. The molecule has 1 aliphatic heterocycles. The second kappa shape index (κ2) is 6.68. The maximum atomic E-state index is 11.9. The number of nitrogens with zero attached hydrogens (tertiary/aromatic N) is 1. The lowest BCUT2D eigenvalue weighted by atomic mass is 10.3. The van der Waals surface area contributed by atoms with Crippen molar-refractivity contribution in [1.82, 2.24) is 4.90 Å². The van der Waals surface area contributed by atoms with Gasteiger partial charge in [-0.3, -0.25) is 4.79 Å². The Kier molecular flexibility index (Phi) is 4.92. The molecule has 1 aliphatic rings. The van der Waals surface area contributed by atoms with Crippen LogP contribution in [0.5, 0.6) is 0 Å². The molecule has 5 heteroatoms. The van der Waals surface area contributed by atoms with Crippen LogP contribution in [0.4, 0.5) is 0 Å². The number of carbonyl (C=O) groups is 1. The predicted octanol–water partition coefficient (Wildman–Crippen LogP) is 1.64. The summed E-state index contributed by atoms with van der Waals surface area (Å²) in [6.07, 6.45) is 3.40. The van der Waals surface area contributed by atoms with Gasteiger partial charge in [0.05, 0.1) is 25.9 Å². The fraction of sp³-hybridized carbons (Fsp3) is 0.462. The molecule has 2 rings (SSSR count). The molecule has 1 aromatic heterocycles. The van der Waals surface area contributed by atoms with Gasteiger partial charge < -0.3 is 14.4 Å². The minimum Gasteiger partial charge on any atom is -0.376 e. The second-order valence-electron chi connectivity index (χ2n) is 4.18. The largest absolute Gasteiger partial charge is 0.376 e. The molecule has 0 aliphatic carbocycles. The van der Waals surface area contributed by atoms with Crippen LogP contribution in [0.3, 0.4) is 0 Å². The van der Waals surface area contributed by atoms with Gasteiger partial charge in [0.1, 0.15) is 0 Å². The number of thiophene rings is 1. The fourth-order valence-corrected chi connectivity index (χ4v) is 2.33. The van der Waals surface area contributed by atoms with Crippen LogP contribution >= 0.6 is 11.3 Å². The van der Waals surface area contributed by atoms with Crippen molar-refractivity contribution in [2.75, 3.05) is 33.4 Å². The van der Waals surface area contributed by atoms with Gasteiger partial charge in [0.25, 0.3) is 0 Å². The molecule has 0 saturated carbocycles. The van der Waals surface area contributed by atoms with Gasteiger partial charge in [0, 0.05) is 19.7 Å². The molecule has 0 N–H and O–H groups in total. The fourth-order valence-electron chi connectivity index (χ4n) is 1.70. The number of hydrogen-bond acceptors (Lipinski definition) is 4. The normalized spacial score (nSPS) is 20.2. The van der Waals surface area contributed by atoms with Crippen LogP contribution in [-0.4, -0.2) is 50.3 Å². The Morgan fingerprint density at radius 2 is 2.50 bits per heavy atom. The maximum absolute atomic E-state index is 11.9. The van der Waals surface area contributed by atoms with E-state index in [2.05, 4.69) is 0 Å². The predicted molar refractivity (Wildman–Crippen MR) is 71.5 cm³/mol. The zero-order chi connectivity index (χ0) is 12.8. The molecule has 1 amide bonds. The Balaban J connectivity index is 1.80. The molecule has 0 aromatic carbocycles. The monoisotopic (exact) mass is 267 g/mol. The third kappa shape index (κ3) is 3.94. The first-order valence-electron chi connectivity index (χ1n) is 5.90.